The van der Waals surface area contributed by atoms with E-state index >= 15 is 0 Å². The normalized spacial score (nSPS) is 22.9. The Morgan fingerprint density at radius 2 is 2.33 bits per heavy atom. The van der Waals surface area contributed by atoms with Crippen LogP contribution in [0.15, 0.2) is 12.4 Å². The largest absolute Gasteiger partial charge is 0.392 e. The summed E-state index contributed by atoms with van der Waals surface area (Å²) in [5, 5.41) is 9.92. The molecule has 82 valence electrons. The first-order valence-electron chi connectivity index (χ1n) is 5.11. The highest BCUT2D eigenvalue weighted by Crippen LogP contribution is 2.12. The van der Waals surface area contributed by atoms with E-state index in [-0.39, 0.29) is 6.10 Å². The Bertz CT molecular complexity index is 317. The molecule has 1 N–H and O–H groups in total. The van der Waals surface area contributed by atoms with Crippen LogP contribution in [0, 0.1) is 0 Å². The summed E-state index contributed by atoms with van der Waals surface area (Å²) in [6.07, 6.45) is 4.99. The van der Waals surface area contributed by atoms with Gasteiger partial charge in [-0.3, -0.25) is 9.88 Å². The number of rotatable bonds is 2. The minimum atomic E-state index is -0.195. The SMILES string of the molecule is OC1CCCN(Cc2cnc(Cl)cn2)C1. The maximum atomic E-state index is 9.50. The minimum Gasteiger partial charge on any atom is -0.392 e. The summed E-state index contributed by atoms with van der Waals surface area (Å²) in [5.41, 5.74) is 0.897. The molecule has 1 aliphatic heterocycles. The smallest absolute Gasteiger partial charge is 0.147 e. The van der Waals surface area contributed by atoms with Gasteiger partial charge in [-0.05, 0) is 19.4 Å². The lowest BCUT2D eigenvalue weighted by molar-refractivity contribution is 0.0661. The van der Waals surface area contributed by atoms with Gasteiger partial charge in [0, 0.05) is 13.1 Å². The first kappa shape index (κ1) is 10.8. The molecule has 1 saturated heterocycles. The molecule has 1 atom stereocenters. The average molecular weight is 228 g/mol. The van der Waals surface area contributed by atoms with Crippen molar-refractivity contribution >= 4 is 11.6 Å². The molecule has 1 fully saturated rings. The van der Waals surface area contributed by atoms with E-state index in [9.17, 15) is 5.11 Å². The standard InChI is InChI=1S/C10H14ClN3O/c11-10-5-12-8(4-13-10)6-14-3-1-2-9(15)7-14/h4-5,9,15H,1-3,6-7H2. The third kappa shape index (κ3) is 3.12. The molecular weight excluding hydrogens is 214 g/mol. The van der Waals surface area contributed by atoms with Gasteiger partial charge in [0.15, 0.2) is 0 Å². The van der Waals surface area contributed by atoms with Gasteiger partial charge in [-0.2, -0.15) is 0 Å². The molecule has 1 aliphatic rings. The van der Waals surface area contributed by atoms with Gasteiger partial charge < -0.3 is 5.11 Å². The van der Waals surface area contributed by atoms with Crippen LogP contribution in [-0.2, 0) is 6.54 Å². The first-order chi connectivity index (χ1) is 7.24. The highest BCUT2D eigenvalue weighted by Gasteiger charge is 2.17. The van der Waals surface area contributed by atoms with E-state index in [4.69, 9.17) is 11.6 Å². The fraction of sp³-hybridized carbons (Fsp3) is 0.600. The monoisotopic (exact) mass is 227 g/mol. The van der Waals surface area contributed by atoms with Crippen molar-refractivity contribution in [3.05, 3.63) is 23.2 Å². The van der Waals surface area contributed by atoms with Crippen molar-refractivity contribution in [1.82, 2.24) is 14.9 Å². The van der Waals surface area contributed by atoms with Crippen molar-refractivity contribution < 1.29 is 5.11 Å². The van der Waals surface area contributed by atoms with Crippen LogP contribution in [0.5, 0.6) is 0 Å². The molecule has 0 aromatic carbocycles. The molecule has 0 bridgehead atoms. The molecule has 0 radical (unpaired) electrons. The summed E-state index contributed by atoms with van der Waals surface area (Å²) in [7, 11) is 0. The van der Waals surface area contributed by atoms with Crippen LogP contribution in [0.2, 0.25) is 5.15 Å². The lowest BCUT2D eigenvalue weighted by Crippen LogP contribution is -2.37. The highest BCUT2D eigenvalue weighted by atomic mass is 35.5. The van der Waals surface area contributed by atoms with Crippen LogP contribution in [0.25, 0.3) is 0 Å². The van der Waals surface area contributed by atoms with Gasteiger partial charge in [0.25, 0.3) is 0 Å². The van der Waals surface area contributed by atoms with Crippen LogP contribution in [0.1, 0.15) is 18.5 Å². The molecular formula is C10H14ClN3O. The number of β-amino-alcohol motifs (C(OH)–C–C–N with tert-alkyl or cyclic N) is 1. The number of aliphatic hydroxyl groups excluding tert-OH is 1. The van der Waals surface area contributed by atoms with Gasteiger partial charge in [0.2, 0.25) is 0 Å². The van der Waals surface area contributed by atoms with E-state index in [0.29, 0.717) is 5.15 Å². The zero-order chi connectivity index (χ0) is 10.7. The van der Waals surface area contributed by atoms with E-state index in [1.165, 1.54) is 0 Å². The number of piperidine rings is 1. The predicted octanol–water partition coefficient (Wildman–Crippen LogP) is 1.09. The Morgan fingerprint density at radius 3 is 3.00 bits per heavy atom. The second-order valence-electron chi connectivity index (χ2n) is 3.86. The van der Waals surface area contributed by atoms with Crippen LogP contribution in [-0.4, -0.2) is 39.2 Å². The molecule has 1 aromatic rings. The van der Waals surface area contributed by atoms with Gasteiger partial charge in [-0.1, -0.05) is 11.6 Å². The van der Waals surface area contributed by atoms with Crippen molar-refractivity contribution in [2.45, 2.75) is 25.5 Å². The summed E-state index contributed by atoms with van der Waals surface area (Å²) < 4.78 is 0. The van der Waals surface area contributed by atoms with Crippen molar-refractivity contribution in [1.29, 1.82) is 0 Å². The Labute approximate surface area is 93.9 Å². The number of hydrogen-bond acceptors (Lipinski definition) is 4. The third-order valence-electron chi connectivity index (χ3n) is 2.54. The maximum Gasteiger partial charge on any atom is 0.147 e. The number of likely N-dealkylation sites (tertiary alicyclic amines) is 1. The minimum absolute atomic E-state index is 0.195. The summed E-state index contributed by atoms with van der Waals surface area (Å²) >= 11 is 5.65. The van der Waals surface area contributed by atoms with Crippen LogP contribution < -0.4 is 0 Å². The number of aliphatic hydroxyl groups is 1. The van der Waals surface area contributed by atoms with E-state index in [1.54, 1.807) is 12.4 Å². The number of aromatic nitrogens is 2. The van der Waals surface area contributed by atoms with Gasteiger partial charge in [0.1, 0.15) is 5.15 Å². The van der Waals surface area contributed by atoms with E-state index in [1.807, 2.05) is 0 Å². The molecule has 2 heterocycles. The molecule has 5 heteroatoms. The molecule has 0 saturated carbocycles. The average Bonchev–Trinajstić information content (AvgIpc) is 2.22. The topological polar surface area (TPSA) is 49.2 Å². The summed E-state index contributed by atoms with van der Waals surface area (Å²) in [4.78, 5) is 10.3. The highest BCUT2D eigenvalue weighted by molar-refractivity contribution is 6.29. The molecule has 1 unspecified atom stereocenters. The summed E-state index contributed by atoms with van der Waals surface area (Å²) in [5.74, 6) is 0. The Morgan fingerprint density at radius 1 is 1.47 bits per heavy atom. The predicted molar refractivity (Wildman–Crippen MR) is 57.6 cm³/mol. The second-order valence-corrected chi connectivity index (χ2v) is 4.25. The van der Waals surface area contributed by atoms with E-state index < -0.39 is 0 Å². The molecule has 0 spiro atoms. The zero-order valence-corrected chi connectivity index (χ0v) is 9.19. The van der Waals surface area contributed by atoms with Gasteiger partial charge >= 0.3 is 0 Å². The lowest BCUT2D eigenvalue weighted by Gasteiger charge is -2.29. The number of hydrogen-bond donors (Lipinski definition) is 1. The molecule has 15 heavy (non-hydrogen) atoms. The molecule has 1 aromatic heterocycles. The molecule has 0 aliphatic carbocycles. The van der Waals surface area contributed by atoms with Gasteiger partial charge in [-0.25, -0.2) is 4.98 Å². The van der Waals surface area contributed by atoms with Crippen molar-refractivity contribution in [2.24, 2.45) is 0 Å². The van der Waals surface area contributed by atoms with Gasteiger partial charge in [-0.15, -0.1) is 0 Å². The molecule has 4 nitrogen and oxygen atoms in total. The zero-order valence-electron chi connectivity index (χ0n) is 8.43. The fourth-order valence-corrected chi connectivity index (χ4v) is 1.92. The van der Waals surface area contributed by atoms with E-state index in [0.717, 1.165) is 38.2 Å². The van der Waals surface area contributed by atoms with Crippen LogP contribution in [0.3, 0.4) is 0 Å². The van der Waals surface area contributed by atoms with Crippen LogP contribution in [0.4, 0.5) is 0 Å². The first-order valence-corrected chi connectivity index (χ1v) is 5.48. The second kappa shape index (κ2) is 4.88. The lowest BCUT2D eigenvalue weighted by atomic mass is 10.1. The Balaban J connectivity index is 1.93. The van der Waals surface area contributed by atoms with E-state index in [2.05, 4.69) is 14.9 Å². The molecule has 2 rings (SSSR count). The summed E-state index contributed by atoms with van der Waals surface area (Å²) in [6.45, 7) is 2.48. The van der Waals surface area contributed by atoms with Crippen molar-refractivity contribution in [2.75, 3.05) is 13.1 Å². The van der Waals surface area contributed by atoms with Crippen molar-refractivity contribution in [3.63, 3.8) is 0 Å². The molecule has 0 amide bonds. The van der Waals surface area contributed by atoms with Crippen molar-refractivity contribution in [3.8, 4) is 0 Å². The van der Waals surface area contributed by atoms with Gasteiger partial charge in [0.05, 0.1) is 24.2 Å². The third-order valence-corrected chi connectivity index (χ3v) is 2.74. The summed E-state index contributed by atoms with van der Waals surface area (Å²) in [6, 6.07) is 0. The quantitative estimate of drug-likeness (QED) is 0.822. The van der Waals surface area contributed by atoms with Crippen LogP contribution >= 0.6 is 11.6 Å². The number of halogens is 1. The number of nitrogens with zero attached hydrogens (tertiary/aromatic N) is 3. The Kier molecular flexibility index (Phi) is 3.51. The maximum absolute atomic E-state index is 9.50. The fourth-order valence-electron chi connectivity index (χ4n) is 1.82. The Hall–Kier alpha value is -0.710.